The van der Waals surface area contributed by atoms with E-state index in [1.54, 1.807) is 12.1 Å². The summed E-state index contributed by atoms with van der Waals surface area (Å²) >= 11 is 0. The van der Waals surface area contributed by atoms with Crippen molar-refractivity contribution in [2.24, 2.45) is 0 Å². The summed E-state index contributed by atoms with van der Waals surface area (Å²) in [6.07, 6.45) is 1.22. The second-order valence-electron chi connectivity index (χ2n) is 4.81. The van der Waals surface area contributed by atoms with Crippen molar-refractivity contribution in [3.8, 4) is 0 Å². The molecular weight excluding hydrogens is 250 g/mol. The van der Waals surface area contributed by atoms with Crippen molar-refractivity contribution in [1.82, 2.24) is 10.2 Å². The number of benzene rings is 1. The third kappa shape index (κ3) is 3.49. The summed E-state index contributed by atoms with van der Waals surface area (Å²) in [5.41, 5.74) is 0.398. The zero-order valence-corrected chi connectivity index (χ0v) is 10.9. The molecule has 106 valence electrons. The molecule has 1 heterocycles. The van der Waals surface area contributed by atoms with Crippen molar-refractivity contribution in [2.45, 2.75) is 18.9 Å². The van der Waals surface area contributed by atoms with Gasteiger partial charge in [-0.1, -0.05) is 12.1 Å². The Morgan fingerprint density at radius 3 is 2.68 bits per heavy atom. The van der Waals surface area contributed by atoms with Crippen LogP contribution in [0.2, 0.25) is 0 Å². The normalized spacial score (nSPS) is 18.5. The van der Waals surface area contributed by atoms with Gasteiger partial charge in [-0.05, 0) is 18.9 Å². The lowest BCUT2D eigenvalue weighted by Crippen LogP contribution is -2.45. The molecule has 2 N–H and O–H groups in total. The highest BCUT2D eigenvalue weighted by Gasteiger charge is 2.25. The van der Waals surface area contributed by atoms with E-state index in [0.29, 0.717) is 18.4 Å². The summed E-state index contributed by atoms with van der Waals surface area (Å²) in [6.45, 7) is 3.40. The van der Waals surface area contributed by atoms with Gasteiger partial charge in [-0.15, -0.1) is 0 Å². The Labute approximate surface area is 112 Å². The van der Waals surface area contributed by atoms with Gasteiger partial charge in [0, 0.05) is 44.4 Å². The molecule has 3 nitrogen and oxygen atoms in total. The van der Waals surface area contributed by atoms with E-state index in [0.717, 1.165) is 32.2 Å². The zero-order chi connectivity index (χ0) is 13.7. The average Bonchev–Trinajstić information content (AvgIpc) is 2.45. The molecule has 1 aromatic rings. The summed E-state index contributed by atoms with van der Waals surface area (Å²) < 4.78 is 27.3. The zero-order valence-electron chi connectivity index (χ0n) is 10.9. The summed E-state index contributed by atoms with van der Waals surface area (Å²) in [5.74, 6) is -1.56. The Balaban J connectivity index is 2.22. The molecule has 19 heavy (non-hydrogen) atoms. The van der Waals surface area contributed by atoms with Gasteiger partial charge in [-0.3, -0.25) is 4.90 Å². The van der Waals surface area contributed by atoms with Gasteiger partial charge in [-0.2, -0.15) is 0 Å². The highest BCUT2D eigenvalue weighted by Crippen LogP contribution is 2.29. The number of hydrogen-bond acceptors (Lipinski definition) is 3. The minimum Gasteiger partial charge on any atom is -0.396 e. The Kier molecular flexibility index (Phi) is 5.24. The lowest BCUT2D eigenvalue weighted by Gasteiger charge is -2.35. The first-order chi connectivity index (χ1) is 9.24. The van der Waals surface area contributed by atoms with Gasteiger partial charge >= 0.3 is 0 Å². The van der Waals surface area contributed by atoms with Crippen LogP contribution in [0.3, 0.4) is 0 Å². The molecule has 1 aliphatic rings. The number of aliphatic hydroxyl groups excluding tert-OH is 1. The van der Waals surface area contributed by atoms with Crippen molar-refractivity contribution >= 4 is 0 Å². The largest absolute Gasteiger partial charge is 0.396 e. The second kappa shape index (κ2) is 6.93. The van der Waals surface area contributed by atoms with Gasteiger partial charge in [0.1, 0.15) is 0 Å². The maximum atomic E-state index is 14.0. The number of aliphatic hydroxyl groups is 1. The van der Waals surface area contributed by atoms with Crippen LogP contribution in [0.4, 0.5) is 8.78 Å². The number of nitrogens with one attached hydrogen (secondary N) is 1. The first-order valence-electron chi connectivity index (χ1n) is 6.73. The maximum absolute atomic E-state index is 14.0. The lowest BCUT2D eigenvalue weighted by molar-refractivity contribution is 0.151. The fraction of sp³-hybridized carbons (Fsp3) is 0.571. The molecule has 1 aromatic carbocycles. The molecule has 0 spiro atoms. The van der Waals surface area contributed by atoms with E-state index >= 15 is 0 Å². The third-order valence-corrected chi connectivity index (χ3v) is 3.57. The molecule has 0 bridgehead atoms. The molecule has 0 radical (unpaired) electrons. The van der Waals surface area contributed by atoms with Gasteiger partial charge in [0.2, 0.25) is 0 Å². The van der Waals surface area contributed by atoms with Crippen LogP contribution in [-0.2, 0) is 0 Å². The van der Waals surface area contributed by atoms with Crippen LogP contribution in [0, 0.1) is 11.6 Å². The Morgan fingerprint density at radius 1 is 1.26 bits per heavy atom. The minimum atomic E-state index is -0.804. The van der Waals surface area contributed by atoms with Gasteiger partial charge in [0.15, 0.2) is 11.6 Å². The standard InChI is InChI=1S/C14H20F2N2O/c15-12-4-1-3-11(14(12)16)13(5-2-10-19)18-8-6-17-7-9-18/h1,3-4,13,17,19H,2,5-10H2/t13-/m0/s1. The highest BCUT2D eigenvalue weighted by atomic mass is 19.2. The summed E-state index contributed by atoms with van der Waals surface area (Å²) in [5, 5.41) is 12.2. The maximum Gasteiger partial charge on any atom is 0.163 e. The second-order valence-corrected chi connectivity index (χ2v) is 4.81. The van der Waals surface area contributed by atoms with E-state index in [-0.39, 0.29) is 12.6 Å². The van der Waals surface area contributed by atoms with Gasteiger partial charge in [0.05, 0.1) is 0 Å². The highest BCUT2D eigenvalue weighted by molar-refractivity contribution is 5.23. The van der Waals surface area contributed by atoms with Crippen LogP contribution in [0.5, 0.6) is 0 Å². The fourth-order valence-corrected chi connectivity index (χ4v) is 2.59. The molecule has 0 amide bonds. The molecule has 5 heteroatoms. The van der Waals surface area contributed by atoms with Crippen molar-refractivity contribution in [2.75, 3.05) is 32.8 Å². The molecule has 0 aromatic heterocycles. The van der Waals surface area contributed by atoms with Gasteiger partial charge in [0.25, 0.3) is 0 Å². The number of hydrogen-bond donors (Lipinski definition) is 2. The number of nitrogens with zero attached hydrogens (tertiary/aromatic N) is 1. The first-order valence-corrected chi connectivity index (χ1v) is 6.73. The molecule has 1 atom stereocenters. The number of halogens is 2. The van der Waals surface area contributed by atoms with E-state index < -0.39 is 11.6 Å². The van der Waals surface area contributed by atoms with E-state index in [4.69, 9.17) is 5.11 Å². The van der Waals surface area contributed by atoms with E-state index in [9.17, 15) is 8.78 Å². The van der Waals surface area contributed by atoms with Crippen LogP contribution in [0.25, 0.3) is 0 Å². The van der Waals surface area contributed by atoms with E-state index in [2.05, 4.69) is 10.2 Å². The Bertz CT molecular complexity index is 408. The van der Waals surface area contributed by atoms with Gasteiger partial charge < -0.3 is 10.4 Å². The van der Waals surface area contributed by atoms with Crippen LogP contribution in [-0.4, -0.2) is 42.8 Å². The summed E-state index contributed by atoms with van der Waals surface area (Å²) in [4.78, 5) is 2.16. The molecule has 0 aliphatic carbocycles. The predicted molar refractivity (Wildman–Crippen MR) is 69.9 cm³/mol. The van der Waals surface area contributed by atoms with Crippen molar-refractivity contribution in [1.29, 1.82) is 0 Å². The van der Waals surface area contributed by atoms with Crippen LogP contribution < -0.4 is 5.32 Å². The predicted octanol–water partition coefficient (Wildman–Crippen LogP) is 1.68. The van der Waals surface area contributed by atoms with Crippen LogP contribution >= 0.6 is 0 Å². The number of rotatable bonds is 5. The summed E-state index contributed by atoms with van der Waals surface area (Å²) in [7, 11) is 0. The molecule has 2 rings (SSSR count). The molecule has 0 saturated carbocycles. The SMILES string of the molecule is OCCC[C@@H](c1cccc(F)c1F)N1CCNCC1. The Morgan fingerprint density at radius 2 is 2.00 bits per heavy atom. The lowest BCUT2D eigenvalue weighted by atomic mass is 9.99. The van der Waals surface area contributed by atoms with Crippen LogP contribution in [0.15, 0.2) is 18.2 Å². The van der Waals surface area contributed by atoms with Crippen molar-refractivity contribution < 1.29 is 13.9 Å². The quantitative estimate of drug-likeness (QED) is 0.854. The molecule has 1 fully saturated rings. The van der Waals surface area contributed by atoms with Gasteiger partial charge in [-0.25, -0.2) is 8.78 Å². The molecule has 1 aliphatic heterocycles. The molecule has 1 saturated heterocycles. The topological polar surface area (TPSA) is 35.5 Å². The van der Waals surface area contributed by atoms with Crippen LogP contribution in [0.1, 0.15) is 24.4 Å². The smallest absolute Gasteiger partial charge is 0.163 e. The average molecular weight is 270 g/mol. The number of piperazine rings is 1. The monoisotopic (exact) mass is 270 g/mol. The first kappa shape index (κ1) is 14.4. The summed E-state index contributed by atoms with van der Waals surface area (Å²) in [6, 6.07) is 4.16. The minimum absolute atomic E-state index is 0.0690. The Hall–Kier alpha value is -1.04. The third-order valence-electron chi connectivity index (χ3n) is 3.57. The van der Waals surface area contributed by atoms with E-state index in [1.807, 2.05) is 0 Å². The van der Waals surface area contributed by atoms with Crippen molar-refractivity contribution in [3.05, 3.63) is 35.4 Å². The van der Waals surface area contributed by atoms with E-state index in [1.165, 1.54) is 0 Å². The van der Waals surface area contributed by atoms with Crippen molar-refractivity contribution in [3.63, 3.8) is 0 Å². The molecular formula is C14H20F2N2O. The molecule has 0 unspecified atom stereocenters. The fourth-order valence-electron chi connectivity index (χ4n) is 2.59.